The maximum absolute atomic E-state index is 11.8. The molecule has 0 aliphatic carbocycles. The summed E-state index contributed by atoms with van der Waals surface area (Å²) in [5.74, 6) is -0.0153. The van der Waals surface area contributed by atoms with Crippen LogP contribution in [0.5, 0.6) is 11.5 Å². The van der Waals surface area contributed by atoms with Crippen molar-refractivity contribution in [1.29, 1.82) is 0 Å². The fraction of sp³-hybridized carbons (Fsp3) is 0.185. The number of aryl methyl sites for hydroxylation is 2. The van der Waals surface area contributed by atoms with Crippen molar-refractivity contribution in [3.63, 3.8) is 0 Å². The molecule has 0 aliphatic rings. The van der Waals surface area contributed by atoms with E-state index in [0.29, 0.717) is 34.7 Å². The zero-order valence-electron chi connectivity index (χ0n) is 18.1. The van der Waals surface area contributed by atoms with Gasteiger partial charge in [-0.05, 0) is 61.7 Å². The molecule has 0 saturated carbocycles. The first-order valence-corrected chi connectivity index (χ1v) is 10.5. The van der Waals surface area contributed by atoms with Crippen molar-refractivity contribution >= 4 is 16.9 Å². The Hall–Kier alpha value is -3.86. The monoisotopic (exact) mass is 426 g/mol. The van der Waals surface area contributed by atoms with Gasteiger partial charge in [0.1, 0.15) is 0 Å². The van der Waals surface area contributed by atoms with E-state index in [1.807, 2.05) is 61.5 Å². The number of methoxy groups -OCH3 is 1. The van der Waals surface area contributed by atoms with Gasteiger partial charge in [-0.15, -0.1) is 0 Å². The summed E-state index contributed by atoms with van der Waals surface area (Å²) in [6.07, 6.45) is 1.82. The van der Waals surface area contributed by atoms with Crippen molar-refractivity contribution in [2.45, 2.75) is 19.8 Å². The molecule has 0 fully saturated rings. The summed E-state index contributed by atoms with van der Waals surface area (Å²) in [5.41, 5.74) is 4.24. The number of aromatic carboxylic acids is 1. The van der Waals surface area contributed by atoms with Gasteiger partial charge in [0.15, 0.2) is 11.5 Å². The lowest BCUT2D eigenvalue weighted by atomic mass is 10.0. The lowest BCUT2D eigenvalue weighted by Gasteiger charge is -2.14. The van der Waals surface area contributed by atoms with Crippen molar-refractivity contribution in [2.75, 3.05) is 13.7 Å². The van der Waals surface area contributed by atoms with Gasteiger partial charge < -0.3 is 19.4 Å². The average molecular weight is 426 g/mol. The normalized spacial score (nSPS) is 10.8. The van der Waals surface area contributed by atoms with E-state index in [4.69, 9.17) is 9.47 Å². The predicted octanol–water partition coefficient (Wildman–Crippen LogP) is 4.59. The van der Waals surface area contributed by atoms with Gasteiger partial charge >= 0.3 is 0 Å². The van der Waals surface area contributed by atoms with Crippen molar-refractivity contribution in [1.82, 2.24) is 4.98 Å². The number of hydrogen-bond donors (Lipinski definition) is 0. The molecule has 162 valence electrons. The van der Waals surface area contributed by atoms with Crippen LogP contribution in [0.25, 0.3) is 22.2 Å². The van der Waals surface area contributed by atoms with Crippen LogP contribution in [0, 0.1) is 6.92 Å². The number of carbonyl (C=O) groups excluding carboxylic acids is 1. The molecule has 1 heterocycles. The minimum absolute atomic E-state index is 0.119. The Kier molecular flexibility index (Phi) is 6.36. The first-order valence-electron chi connectivity index (χ1n) is 10.5. The van der Waals surface area contributed by atoms with Gasteiger partial charge in [0.25, 0.3) is 0 Å². The van der Waals surface area contributed by atoms with Gasteiger partial charge in [-0.3, -0.25) is 0 Å². The number of aromatic nitrogens is 1. The summed E-state index contributed by atoms with van der Waals surface area (Å²) >= 11 is 0. The van der Waals surface area contributed by atoms with E-state index in [-0.39, 0.29) is 5.56 Å². The highest BCUT2D eigenvalue weighted by Gasteiger charge is 2.12. The standard InChI is InChI=1S/C27H25NO4/c1-18-10-12-23-21(15-18)22(27(29)30)17-24(28-23)20-11-13-25(26(16-20)31-2)32-14-6-9-19-7-4-3-5-8-19/h3-5,7-8,10-13,15-17H,6,9,14H2,1-2H3,(H,29,30)/p-1. The number of pyridine rings is 1. The molecule has 5 nitrogen and oxygen atoms in total. The number of carboxylic acid groups (broad SMARTS) is 1. The molecule has 0 amide bonds. The third-order valence-corrected chi connectivity index (χ3v) is 5.35. The smallest absolute Gasteiger partial charge is 0.161 e. The van der Waals surface area contributed by atoms with E-state index < -0.39 is 5.97 Å². The minimum Gasteiger partial charge on any atom is -0.545 e. The quantitative estimate of drug-likeness (QED) is 0.385. The topological polar surface area (TPSA) is 71.5 Å². The van der Waals surface area contributed by atoms with E-state index in [1.165, 1.54) is 5.56 Å². The molecule has 0 N–H and O–H groups in total. The molecule has 32 heavy (non-hydrogen) atoms. The van der Waals surface area contributed by atoms with Gasteiger partial charge in [0.2, 0.25) is 0 Å². The Morgan fingerprint density at radius 3 is 2.53 bits per heavy atom. The summed E-state index contributed by atoms with van der Waals surface area (Å²) in [4.78, 5) is 16.4. The maximum Gasteiger partial charge on any atom is 0.161 e. The third-order valence-electron chi connectivity index (χ3n) is 5.35. The number of rotatable bonds is 8. The molecule has 0 saturated heterocycles. The highest BCUT2D eigenvalue weighted by Crippen LogP contribution is 2.33. The third kappa shape index (κ3) is 4.72. The summed E-state index contributed by atoms with van der Waals surface area (Å²) in [5, 5.41) is 12.3. The van der Waals surface area contributed by atoms with Crippen LogP contribution in [0.2, 0.25) is 0 Å². The van der Waals surface area contributed by atoms with Crippen LogP contribution in [0.1, 0.15) is 27.9 Å². The Bertz CT molecular complexity index is 1250. The van der Waals surface area contributed by atoms with Gasteiger partial charge in [-0.2, -0.15) is 0 Å². The Labute approximate surface area is 187 Å². The zero-order chi connectivity index (χ0) is 22.5. The molecule has 0 atom stereocenters. The number of nitrogens with zero attached hydrogens (tertiary/aromatic N) is 1. The second-order valence-electron chi connectivity index (χ2n) is 7.67. The van der Waals surface area contributed by atoms with E-state index >= 15 is 0 Å². The molecule has 1 aromatic heterocycles. The Morgan fingerprint density at radius 2 is 1.78 bits per heavy atom. The van der Waals surface area contributed by atoms with Gasteiger partial charge in [0, 0.05) is 16.5 Å². The number of fused-ring (bicyclic) bond motifs is 1. The molecule has 0 spiro atoms. The molecule has 5 heteroatoms. The number of carboxylic acids is 1. The number of carbonyl (C=O) groups is 1. The molecule has 4 aromatic rings. The average Bonchev–Trinajstić information content (AvgIpc) is 2.81. The van der Waals surface area contributed by atoms with Crippen LogP contribution in [0.4, 0.5) is 0 Å². The van der Waals surface area contributed by atoms with Gasteiger partial charge in [-0.25, -0.2) is 4.98 Å². The summed E-state index contributed by atoms with van der Waals surface area (Å²) < 4.78 is 11.5. The first-order chi connectivity index (χ1) is 15.5. The molecule has 0 bridgehead atoms. The fourth-order valence-corrected chi connectivity index (χ4v) is 3.71. The molecule has 0 unspecified atom stereocenters. The molecule has 4 rings (SSSR count). The lowest BCUT2D eigenvalue weighted by Crippen LogP contribution is -2.22. The van der Waals surface area contributed by atoms with Crippen LogP contribution in [0.3, 0.4) is 0 Å². The lowest BCUT2D eigenvalue weighted by molar-refractivity contribution is -0.254. The van der Waals surface area contributed by atoms with Crippen LogP contribution in [-0.2, 0) is 6.42 Å². The van der Waals surface area contributed by atoms with E-state index in [0.717, 1.165) is 24.0 Å². The molecular weight excluding hydrogens is 402 g/mol. The SMILES string of the molecule is COc1cc(-c2cc(C(=O)[O-])c3cc(C)ccc3n2)ccc1OCCCc1ccccc1. The molecular formula is C27H24NO4-. The van der Waals surface area contributed by atoms with Crippen molar-refractivity contribution in [3.8, 4) is 22.8 Å². The molecule has 3 aromatic carbocycles. The summed E-state index contributed by atoms with van der Waals surface area (Å²) in [7, 11) is 1.58. The Balaban J connectivity index is 1.56. The Morgan fingerprint density at radius 1 is 0.969 bits per heavy atom. The predicted molar refractivity (Wildman–Crippen MR) is 123 cm³/mol. The van der Waals surface area contributed by atoms with Gasteiger partial charge in [0.05, 0.1) is 30.9 Å². The summed E-state index contributed by atoms with van der Waals surface area (Å²) in [6, 6.07) is 22.9. The molecule has 0 aliphatic heterocycles. The number of benzene rings is 3. The summed E-state index contributed by atoms with van der Waals surface area (Å²) in [6.45, 7) is 2.48. The van der Waals surface area contributed by atoms with Crippen molar-refractivity contribution < 1.29 is 19.4 Å². The number of hydrogen-bond acceptors (Lipinski definition) is 5. The van der Waals surface area contributed by atoms with E-state index in [1.54, 1.807) is 13.2 Å². The first kappa shape index (κ1) is 21.4. The second-order valence-corrected chi connectivity index (χ2v) is 7.67. The van der Waals surface area contributed by atoms with Crippen LogP contribution >= 0.6 is 0 Å². The van der Waals surface area contributed by atoms with Crippen molar-refractivity contribution in [2.24, 2.45) is 0 Å². The number of ether oxygens (including phenoxy) is 2. The van der Waals surface area contributed by atoms with Crippen LogP contribution in [-0.4, -0.2) is 24.7 Å². The molecule has 0 radical (unpaired) electrons. The van der Waals surface area contributed by atoms with Gasteiger partial charge in [-0.1, -0.05) is 42.0 Å². The van der Waals surface area contributed by atoms with E-state index in [9.17, 15) is 9.90 Å². The highest BCUT2D eigenvalue weighted by molar-refractivity contribution is 6.03. The largest absolute Gasteiger partial charge is 0.545 e. The second kappa shape index (κ2) is 9.52. The minimum atomic E-state index is -1.23. The van der Waals surface area contributed by atoms with Crippen LogP contribution < -0.4 is 14.6 Å². The highest BCUT2D eigenvalue weighted by atomic mass is 16.5. The zero-order valence-corrected chi connectivity index (χ0v) is 18.1. The van der Waals surface area contributed by atoms with Crippen LogP contribution in [0.15, 0.2) is 72.8 Å². The maximum atomic E-state index is 11.8. The van der Waals surface area contributed by atoms with Crippen molar-refractivity contribution in [3.05, 3.63) is 89.5 Å². The van der Waals surface area contributed by atoms with E-state index in [2.05, 4.69) is 17.1 Å². The fourth-order valence-electron chi connectivity index (χ4n) is 3.71.